The van der Waals surface area contributed by atoms with Crippen molar-refractivity contribution in [1.29, 1.82) is 10.7 Å². The van der Waals surface area contributed by atoms with Crippen LogP contribution in [-0.4, -0.2) is 86.8 Å². The van der Waals surface area contributed by atoms with Gasteiger partial charge in [0.25, 0.3) is 12.3 Å². The molecule has 210 valence electrons. The average Bonchev–Trinajstić information content (AvgIpc) is 3.58. The van der Waals surface area contributed by atoms with Crippen molar-refractivity contribution in [2.24, 2.45) is 0 Å². The molecule has 2 saturated heterocycles. The second kappa shape index (κ2) is 11.1. The number of aromatic nitrogens is 3. The smallest absolute Gasteiger partial charge is 0.281 e. The second-order valence-electron chi connectivity index (χ2n) is 10.5. The van der Waals surface area contributed by atoms with E-state index in [0.717, 1.165) is 38.8 Å². The molecule has 13 heteroatoms. The fourth-order valence-electron chi connectivity index (χ4n) is 5.07. The van der Waals surface area contributed by atoms with Crippen molar-refractivity contribution in [2.75, 3.05) is 26.2 Å². The first-order valence-electron chi connectivity index (χ1n) is 13.3. The molecule has 4 heterocycles. The van der Waals surface area contributed by atoms with E-state index in [4.69, 9.17) is 5.41 Å². The summed E-state index contributed by atoms with van der Waals surface area (Å²) in [6.45, 7) is 4.44. The van der Waals surface area contributed by atoms with Crippen molar-refractivity contribution in [3.63, 3.8) is 0 Å². The molecule has 3 aliphatic rings. The topological polar surface area (TPSA) is 143 Å². The summed E-state index contributed by atoms with van der Waals surface area (Å²) < 4.78 is 28.5. The number of hydrogen-bond acceptors (Lipinski definition) is 8. The van der Waals surface area contributed by atoms with E-state index in [1.54, 1.807) is 36.1 Å². The van der Waals surface area contributed by atoms with Gasteiger partial charge < -0.3 is 15.5 Å². The molecule has 0 atom stereocenters. The van der Waals surface area contributed by atoms with Crippen molar-refractivity contribution in [1.82, 2.24) is 35.2 Å². The molecule has 11 nitrogen and oxygen atoms in total. The maximum atomic E-state index is 13.4. The number of hydrogen-bond donors (Lipinski definition) is 3. The van der Waals surface area contributed by atoms with Crippen molar-refractivity contribution in [3.05, 3.63) is 48.2 Å². The van der Waals surface area contributed by atoms with Crippen molar-refractivity contribution < 1.29 is 18.4 Å². The number of nitrogens with one attached hydrogen (secondary N) is 3. The van der Waals surface area contributed by atoms with E-state index in [1.807, 2.05) is 4.90 Å². The Morgan fingerprint density at radius 1 is 1.25 bits per heavy atom. The predicted molar refractivity (Wildman–Crippen MR) is 141 cm³/mol. The highest BCUT2D eigenvalue weighted by atomic mass is 19.3. The van der Waals surface area contributed by atoms with Gasteiger partial charge in [-0.15, -0.1) is 0 Å². The minimum absolute atomic E-state index is 0.00800. The molecule has 0 unspecified atom stereocenters. The van der Waals surface area contributed by atoms with Crippen LogP contribution in [0.4, 0.5) is 8.78 Å². The second-order valence-corrected chi connectivity index (χ2v) is 10.5. The SMILES string of the molecule is CC(=O)N1CCC(N2CC(N/C=C(/NC(=O)c3cccc(-c4cnn(C5(C#N)CC5)c4)n3)C(=N)C(F)F)C2)CC1. The van der Waals surface area contributed by atoms with E-state index in [0.29, 0.717) is 30.4 Å². The van der Waals surface area contributed by atoms with E-state index in [-0.39, 0.29) is 23.3 Å². The van der Waals surface area contributed by atoms with Crippen molar-refractivity contribution in [2.45, 2.75) is 56.7 Å². The molecule has 2 aliphatic heterocycles. The van der Waals surface area contributed by atoms with Gasteiger partial charge in [-0.2, -0.15) is 10.4 Å². The fraction of sp³-hybridized carbons (Fsp3) is 0.481. The highest BCUT2D eigenvalue weighted by molar-refractivity contribution is 6.05. The van der Waals surface area contributed by atoms with Crippen LogP contribution in [-0.2, 0) is 10.3 Å². The van der Waals surface area contributed by atoms with Crippen LogP contribution in [0.2, 0.25) is 0 Å². The van der Waals surface area contributed by atoms with Crippen molar-refractivity contribution >= 4 is 17.5 Å². The lowest BCUT2D eigenvalue weighted by molar-refractivity contribution is -0.130. The number of piperidine rings is 1. The number of nitrogens with zero attached hydrogens (tertiary/aromatic N) is 6. The summed E-state index contributed by atoms with van der Waals surface area (Å²) in [4.78, 5) is 33.0. The number of likely N-dealkylation sites (tertiary alicyclic amines) is 2. The summed E-state index contributed by atoms with van der Waals surface area (Å²) in [5.74, 6) is -0.640. The number of pyridine rings is 1. The zero-order valence-electron chi connectivity index (χ0n) is 22.1. The molecule has 1 aliphatic carbocycles. The van der Waals surface area contributed by atoms with Gasteiger partial charge in [0.2, 0.25) is 5.91 Å². The Kier molecular flexibility index (Phi) is 7.62. The first-order chi connectivity index (χ1) is 19.2. The predicted octanol–water partition coefficient (Wildman–Crippen LogP) is 2.10. The zero-order chi connectivity index (χ0) is 28.4. The molecular formula is C27H31F2N9O2. The molecule has 2 aromatic heterocycles. The number of alkyl halides is 2. The minimum Gasteiger partial charge on any atom is -0.384 e. The van der Waals surface area contributed by atoms with Crippen LogP contribution >= 0.6 is 0 Å². The third kappa shape index (κ3) is 5.72. The molecule has 3 fully saturated rings. The molecule has 3 N–H and O–H groups in total. The monoisotopic (exact) mass is 551 g/mol. The van der Waals surface area contributed by atoms with Gasteiger partial charge in [0.1, 0.15) is 16.9 Å². The number of halogens is 2. The molecule has 5 rings (SSSR count). The minimum atomic E-state index is -3.07. The largest absolute Gasteiger partial charge is 0.384 e. The van der Waals surface area contributed by atoms with E-state index in [9.17, 15) is 23.6 Å². The van der Waals surface area contributed by atoms with Crippen LogP contribution in [0.25, 0.3) is 11.3 Å². The summed E-state index contributed by atoms with van der Waals surface area (Å²) in [6, 6.07) is 7.39. The van der Waals surface area contributed by atoms with Gasteiger partial charge in [-0.25, -0.2) is 13.8 Å². The summed E-state index contributed by atoms with van der Waals surface area (Å²) in [5.41, 5.74) is -0.888. The lowest BCUT2D eigenvalue weighted by atomic mass is 9.97. The summed E-state index contributed by atoms with van der Waals surface area (Å²) in [6.07, 6.45) is 4.69. The molecule has 2 amide bonds. The zero-order valence-corrected chi connectivity index (χ0v) is 22.1. The highest BCUT2D eigenvalue weighted by Crippen LogP contribution is 2.42. The summed E-state index contributed by atoms with van der Waals surface area (Å²) >= 11 is 0. The first kappa shape index (κ1) is 27.4. The molecule has 40 heavy (non-hydrogen) atoms. The van der Waals surface area contributed by atoms with E-state index in [2.05, 4.69) is 31.7 Å². The number of rotatable bonds is 9. The van der Waals surface area contributed by atoms with Gasteiger partial charge in [-0.05, 0) is 37.8 Å². The van der Waals surface area contributed by atoms with Crippen LogP contribution < -0.4 is 10.6 Å². The maximum Gasteiger partial charge on any atom is 0.281 e. The van der Waals surface area contributed by atoms with Gasteiger partial charge in [0.15, 0.2) is 0 Å². The summed E-state index contributed by atoms with van der Waals surface area (Å²) in [7, 11) is 0. The van der Waals surface area contributed by atoms with Crippen LogP contribution in [0.5, 0.6) is 0 Å². The quantitative estimate of drug-likeness (QED) is 0.405. The molecular weight excluding hydrogens is 520 g/mol. The Labute approximate surface area is 230 Å². The number of nitriles is 1. The Bertz CT molecular complexity index is 1360. The Hall–Kier alpha value is -4.18. The number of carbonyl (C=O) groups is 2. The summed E-state index contributed by atoms with van der Waals surface area (Å²) in [5, 5.41) is 27.0. The average molecular weight is 552 g/mol. The Balaban J connectivity index is 1.20. The lowest BCUT2D eigenvalue weighted by Crippen LogP contribution is -2.62. The van der Waals surface area contributed by atoms with Gasteiger partial charge in [-0.3, -0.25) is 24.6 Å². The Morgan fingerprint density at radius 3 is 2.60 bits per heavy atom. The van der Waals surface area contributed by atoms with E-state index < -0.39 is 23.6 Å². The molecule has 0 radical (unpaired) electrons. The lowest BCUT2D eigenvalue weighted by Gasteiger charge is -2.47. The number of amides is 2. The van der Waals surface area contributed by atoms with Gasteiger partial charge in [0, 0.05) is 57.1 Å². The third-order valence-corrected chi connectivity index (χ3v) is 7.79. The fourth-order valence-corrected chi connectivity index (χ4v) is 5.07. The standard InChI is InChI=1S/C27H31F2N9O2/c1-17(39)36-9-5-20(6-10-36)37-14-19(15-37)32-12-23(24(31)25(28)29)35-26(40)22-4-2-3-21(34-22)18-11-33-38(13-18)27(16-30)7-8-27/h2-4,11-13,19-20,25,31-32H,5-10,14-15H2,1H3,(H,35,40)/b23-12+,31-24?. The Morgan fingerprint density at radius 2 is 1.98 bits per heavy atom. The van der Waals surface area contributed by atoms with E-state index >= 15 is 0 Å². The van der Waals surface area contributed by atoms with Crippen LogP contribution in [0, 0.1) is 16.7 Å². The van der Waals surface area contributed by atoms with Gasteiger partial charge in [-0.1, -0.05) is 6.07 Å². The van der Waals surface area contributed by atoms with Crippen LogP contribution in [0.1, 0.15) is 43.1 Å². The van der Waals surface area contributed by atoms with Crippen LogP contribution in [0.15, 0.2) is 42.5 Å². The molecule has 0 spiro atoms. The molecule has 2 aromatic rings. The molecule has 1 saturated carbocycles. The number of allylic oxidation sites excluding steroid dienone is 1. The van der Waals surface area contributed by atoms with Gasteiger partial charge >= 0.3 is 0 Å². The van der Waals surface area contributed by atoms with Gasteiger partial charge in [0.05, 0.1) is 29.7 Å². The maximum absolute atomic E-state index is 13.4. The third-order valence-electron chi connectivity index (χ3n) is 7.79. The molecule has 0 aromatic carbocycles. The highest BCUT2D eigenvalue weighted by Gasteiger charge is 2.46. The molecule has 0 bridgehead atoms. The van der Waals surface area contributed by atoms with E-state index in [1.165, 1.54) is 12.3 Å². The van der Waals surface area contributed by atoms with Crippen molar-refractivity contribution in [3.8, 4) is 17.3 Å². The first-order valence-corrected chi connectivity index (χ1v) is 13.3. The number of carbonyl (C=O) groups excluding carboxylic acids is 2. The normalized spacial score (nSPS) is 19.6. The van der Waals surface area contributed by atoms with Crippen LogP contribution in [0.3, 0.4) is 0 Å².